The van der Waals surface area contributed by atoms with Crippen molar-refractivity contribution in [3.8, 4) is 0 Å². The average Bonchev–Trinajstić information content (AvgIpc) is 3.03. The molecule has 22 heavy (non-hydrogen) atoms. The van der Waals surface area contributed by atoms with Crippen LogP contribution in [0, 0.1) is 0 Å². The molecule has 2 aromatic rings. The van der Waals surface area contributed by atoms with Gasteiger partial charge in [0.15, 0.2) is 0 Å². The fourth-order valence-electron chi connectivity index (χ4n) is 2.84. The van der Waals surface area contributed by atoms with E-state index in [0.29, 0.717) is 12.6 Å². The predicted molar refractivity (Wildman–Crippen MR) is 82.1 cm³/mol. The number of carbonyl (C=O) groups is 1. The zero-order valence-electron chi connectivity index (χ0n) is 12.4. The lowest BCUT2D eigenvalue weighted by atomic mass is 10.0. The van der Waals surface area contributed by atoms with Crippen molar-refractivity contribution >= 4 is 11.6 Å². The third-order valence-corrected chi connectivity index (χ3v) is 3.91. The van der Waals surface area contributed by atoms with Crippen LogP contribution in [0.15, 0.2) is 37.2 Å². The molecule has 7 nitrogen and oxygen atoms in total. The Morgan fingerprint density at radius 3 is 3.09 bits per heavy atom. The van der Waals surface area contributed by atoms with Crippen molar-refractivity contribution in [3.63, 3.8) is 0 Å². The standard InChI is InChI=1S/C15H20N6O/c22-15(19-13-4-3-6-16-8-13)10-20-7-2-1-5-14(20)9-21-12-17-11-18-21/h3-4,6,8,11-12,14H,1-2,5,7,9-10H2,(H,19,22). The maximum absolute atomic E-state index is 12.2. The van der Waals surface area contributed by atoms with Crippen molar-refractivity contribution in [2.24, 2.45) is 0 Å². The number of pyridine rings is 1. The second kappa shape index (κ2) is 7.13. The van der Waals surface area contributed by atoms with Crippen LogP contribution in [0.1, 0.15) is 19.3 Å². The van der Waals surface area contributed by atoms with Crippen LogP contribution in [0.5, 0.6) is 0 Å². The molecular weight excluding hydrogens is 280 g/mol. The summed E-state index contributed by atoms with van der Waals surface area (Å²) < 4.78 is 1.84. The molecule has 1 saturated heterocycles. The summed E-state index contributed by atoms with van der Waals surface area (Å²) in [5, 5.41) is 7.05. The molecule has 0 saturated carbocycles. The van der Waals surface area contributed by atoms with E-state index in [1.54, 1.807) is 25.0 Å². The first-order valence-corrected chi connectivity index (χ1v) is 7.57. The average molecular weight is 300 g/mol. The molecule has 0 spiro atoms. The lowest BCUT2D eigenvalue weighted by Gasteiger charge is -2.34. The summed E-state index contributed by atoms with van der Waals surface area (Å²) in [5.41, 5.74) is 0.734. The minimum atomic E-state index is -0.00140. The van der Waals surface area contributed by atoms with E-state index in [2.05, 4.69) is 25.3 Å². The highest BCUT2D eigenvalue weighted by atomic mass is 16.2. The molecule has 1 N–H and O–H groups in total. The van der Waals surface area contributed by atoms with Gasteiger partial charge in [-0.1, -0.05) is 6.42 Å². The second-order valence-electron chi connectivity index (χ2n) is 5.53. The van der Waals surface area contributed by atoms with Gasteiger partial charge in [0, 0.05) is 12.2 Å². The fourth-order valence-corrected chi connectivity index (χ4v) is 2.84. The monoisotopic (exact) mass is 300 g/mol. The van der Waals surface area contributed by atoms with Crippen molar-refractivity contribution in [3.05, 3.63) is 37.2 Å². The number of likely N-dealkylation sites (tertiary alicyclic amines) is 1. The van der Waals surface area contributed by atoms with Crippen LogP contribution in [-0.4, -0.2) is 49.7 Å². The van der Waals surface area contributed by atoms with Crippen LogP contribution < -0.4 is 5.32 Å². The summed E-state index contributed by atoms with van der Waals surface area (Å²) in [6, 6.07) is 3.98. The molecule has 1 amide bonds. The van der Waals surface area contributed by atoms with Gasteiger partial charge >= 0.3 is 0 Å². The quantitative estimate of drug-likeness (QED) is 0.897. The number of nitrogens with zero attached hydrogens (tertiary/aromatic N) is 5. The van der Waals surface area contributed by atoms with Crippen molar-refractivity contribution < 1.29 is 4.79 Å². The van der Waals surface area contributed by atoms with Gasteiger partial charge in [0.1, 0.15) is 12.7 Å². The van der Waals surface area contributed by atoms with Crippen molar-refractivity contribution in [1.82, 2.24) is 24.6 Å². The minimum Gasteiger partial charge on any atom is -0.324 e. The van der Waals surface area contributed by atoms with E-state index in [0.717, 1.165) is 31.6 Å². The number of aromatic nitrogens is 4. The summed E-state index contributed by atoms with van der Waals surface area (Å²) in [4.78, 5) is 22.4. The van der Waals surface area contributed by atoms with Gasteiger partial charge in [-0.05, 0) is 31.5 Å². The van der Waals surface area contributed by atoms with Crippen molar-refractivity contribution in [1.29, 1.82) is 0 Å². The topological polar surface area (TPSA) is 75.9 Å². The number of hydrogen-bond acceptors (Lipinski definition) is 5. The van der Waals surface area contributed by atoms with Crippen LogP contribution in [0.3, 0.4) is 0 Å². The van der Waals surface area contributed by atoms with Crippen LogP contribution in [0.4, 0.5) is 5.69 Å². The Kier molecular flexibility index (Phi) is 4.75. The molecule has 116 valence electrons. The zero-order chi connectivity index (χ0) is 15.2. The maximum atomic E-state index is 12.2. The van der Waals surface area contributed by atoms with Crippen LogP contribution in [0.25, 0.3) is 0 Å². The van der Waals surface area contributed by atoms with Gasteiger partial charge in [0.2, 0.25) is 5.91 Å². The Labute approximate surface area is 129 Å². The Hall–Kier alpha value is -2.28. The second-order valence-corrected chi connectivity index (χ2v) is 5.53. The Morgan fingerprint density at radius 2 is 2.32 bits per heavy atom. The molecular formula is C15H20N6O. The van der Waals surface area contributed by atoms with E-state index in [1.807, 2.05) is 16.8 Å². The normalized spacial score (nSPS) is 19.0. The molecule has 2 aromatic heterocycles. The zero-order valence-corrected chi connectivity index (χ0v) is 12.4. The van der Waals surface area contributed by atoms with E-state index < -0.39 is 0 Å². The molecule has 1 aliphatic rings. The minimum absolute atomic E-state index is 0.00140. The first kappa shape index (κ1) is 14.6. The fraction of sp³-hybridized carbons (Fsp3) is 0.467. The van der Waals surface area contributed by atoms with Crippen molar-refractivity contribution in [2.75, 3.05) is 18.4 Å². The first-order chi connectivity index (χ1) is 10.8. The molecule has 0 bridgehead atoms. The van der Waals surface area contributed by atoms with Crippen LogP contribution >= 0.6 is 0 Å². The summed E-state index contributed by atoms with van der Waals surface area (Å²) in [7, 11) is 0. The number of amides is 1. The van der Waals surface area contributed by atoms with Crippen LogP contribution in [0.2, 0.25) is 0 Å². The van der Waals surface area contributed by atoms with Crippen LogP contribution in [-0.2, 0) is 11.3 Å². The van der Waals surface area contributed by atoms with E-state index in [4.69, 9.17) is 0 Å². The summed E-state index contributed by atoms with van der Waals surface area (Å²) in [6.45, 7) is 2.12. The van der Waals surface area contributed by atoms with Gasteiger partial charge in [-0.15, -0.1) is 0 Å². The van der Waals surface area contributed by atoms with E-state index in [1.165, 1.54) is 6.42 Å². The van der Waals surface area contributed by atoms with E-state index in [-0.39, 0.29) is 5.91 Å². The maximum Gasteiger partial charge on any atom is 0.238 e. The highest BCUT2D eigenvalue weighted by Gasteiger charge is 2.24. The summed E-state index contributed by atoms with van der Waals surface area (Å²) >= 11 is 0. The Balaban J connectivity index is 1.57. The molecule has 1 fully saturated rings. The van der Waals surface area contributed by atoms with Gasteiger partial charge < -0.3 is 5.32 Å². The Morgan fingerprint density at radius 1 is 1.36 bits per heavy atom. The predicted octanol–water partition coefficient (Wildman–Crippen LogP) is 1.17. The first-order valence-electron chi connectivity index (χ1n) is 7.57. The van der Waals surface area contributed by atoms with Gasteiger partial charge in [-0.2, -0.15) is 5.10 Å². The third-order valence-electron chi connectivity index (χ3n) is 3.91. The number of carbonyl (C=O) groups excluding carboxylic acids is 1. The number of piperidine rings is 1. The SMILES string of the molecule is O=C(CN1CCCCC1Cn1cncn1)Nc1cccnc1. The molecule has 3 heterocycles. The molecule has 0 aliphatic carbocycles. The Bertz CT molecular complexity index is 585. The molecule has 0 aromatic carbocycles. The smallest absolute Gasteiger partial charge is 0.238 e. The lowest BCUT2D eigenvalue weighted by Crippen LogP contribution is -2.46. The molecule has 3 rings (SSSR count). The number of anilines is 1. The van der Waals surface area contributed by atoms with Gasteiger partial charge in [-0.25, -0.2) is 4.98 Å². The molecule has 7 heteroatoms. The number of nitrogens with one attached hydrogen (secondary N) is 1. The van der Waals surface area contributed by atoms with E-state index >= 15 is 0 Å². The molecule has 1 aliphatic heterocycles. The van der Waals surface area contributed by atoms with Gasteiger partial charge in [0.05, 0.1) is 25.0 Å². The number of hydrogen-bond donors (Lipinski definition) is 1. The van der Waals surface area contributed by atoms with Gasteiger partial charge in [-0.3, -0.25) is 19.4 Å². The molecule has 1 unspecified atom stereocenters. The van der Waals surface area contributed by atoms with Gasteiger partial charge in [0.25, 0.3) is 0 Å². The summed E-state index contributed by atoms with van der Waals surface area (Å²) in [5.74, 6) is -0.00140. The van der Waals surface area contributed by atoms with Crippen molar-refractivity contribution in [2.45, 2.75) is 31.8 Å². The number of rotatable bonds is 5. The largest absolute Gasteiger partial charge is 0.324 e. The molecule has 0 radical (unpaired) electrons. The van der Waals surface area contributed by atoms with E-state index in [9.17, 15) is 4.79 Å². The molecule has 1 atom stereocenters. The highest BCUT2D eigenvalue weighted by Crippen LogP contribution is 2.18. The third kappa shape index (κ3) is 3.88. The summed E-state index contributed by atoms with van der Waals surface area (Å²) in [6.07, 6.45) is 10.0. The highest BCUT2D eigenvalue weighted by molar-refractivity contribution is 5.92. The lowest BCUT2D eigenvalue weighted by molar-refractivity contribution is -0.118.